The van der Waals surface area contributed by atoms with Crippen molar-refractivity contribution in [3.8, 4) is 0 Å². The minimum absolute atomic E-state index is 0.140. The Morgan fingerprint density at radius 2 is 1.88 bits per heavy atom. The number of aromatic nitrogens is 2. The molecule has 94 valence electrons. The third kappa shape index (κ3) is 8.28. The van der Waals surface area contributed by atoms with E-state index in [9.17, 15) is 17.3 Å². The van der Waals surface area contributed by atoms with E-state index in [-0.39, 0.29) is 6.23 Å². The van der Waals surface area contributed by atoms with Crippen molar-refractivity contribution in [2.45, 2.75) is 20.1 Å². The van der Waals surface area contributed by atoms with Crippen LogP contribution in [0.25, 0.3) is 0 Å². The normalized spacial score (nSPS) is 12.9. The van der Waals surface area contributed by atoms with Gasteiger partial charge in [-0.25, -0.2) is 9.13 Å². The Hall–Kier alpha value is -1.05. The molecule has 8 heteroatoms. The van der Waals surface area contributed by atoms with Gasteiger partial charge >= 0.3 is 7.25 Å². The van der Waals surface area contributed by atoms with Gasteiger partial charge in [-0.05, 0) is 6.92 Å². The van der Waals surface area contributed by atoms with Crippen molar-refractivity contribution < 1.29 is 26.6 Å². The van der Waals surface area contributed by atoms with Crippen LogP contribution in [0.15, 0.2) is 18.7 Å². The Bertz CT molecular complexity index is 296. The van der Waals surface area contributed by atoms with Gasteiger partial charge in [0.2, 0.25) is 6.33 Å². The van der Waals surface area contributed by atoms with Gasteiger partial charge in [0.15, 0.2) is 6.23 Å². The molecule has 0 aliphatic rings. The molecule has 0 aliphatic carbocycles. The molecule has 0 saturated carbocycles. The second kappa shape index (κ2) is 6.52. The van der Waals surface area contributed by atoms with Gasteiger partial charge in [-0.3, -0.25) is 0 Å². The van der Waals surface area contributed by atoms with Crippen molar-refractivity contribution in [1.82, 2.24) is 4.57 Å². The largest absolute Gasteiger partial charge is 0.673 e. The van der Waals surface area contributed by atoms with Crippen LogP contribution in [0.5, 0.6) is 0 Å². The predicted octanol–water partition coefficient (Wildman–Crippen LogP) is 2.17. The van der Waals surface area contributed by atoms with Gasteiger partial charge in [0.05, 0.1) is 7.05 Å². The second-order valence-electron chi connectivity index (χ2n) is 3.08. The lowest BCUT2D eigenvalue weighted by molar-refractivity contribution is -0.671. The molecule has 0 fully saturated rings. The van der Waals surface area contributed by atoms with E-state index in [0.29, 0.717) is 0 Å². The smallest absolute Gasteiger partial charge is 0.418 e. The van der Waals surface area contributed by atoms with Gasteiger partial charge in [-0.15, -0.1) is 0 Å². The SMILES string of the molecule is CCOC(C)n1cc[n+](C)c1.F[B-](F)(F)F. The van der Waals surface area contributed by atoms with Crippen LogP contribution in [0.1, 0.15) is 20.1 Å². The number of rotatable bonds is 3. The molecule has 0 aliphatic heterocycles. The average Bonchev–Trinajstić information content (AvgIpc) is 2.49. The second-order valence-corrected chi connectivity index (χ2v) is 3.08. The van der Waals surface area contributed by atoms with E-state index in [0.717, 1.165) is 6.61 Å². The first-order valence-electron chi connectivity index (χ1n) is 4.75. The summed E-state index contributed by atoms with van der Waals surface area (Å²) in [6.45, 7) is 4.78. The highest BCUT2D eigenvalue weighted by atomic mass is 19.5. The quantitative estimate of drug-likeness (QED) is 0.451. The molecule has 0 aromatic carbocycles. The predicted molar refractivity (Wildman–Crippen MR) is 52.1 cm³/mol. The number of aryl methyl sites for hydroxylation is 1. The fourth-order valence-electron chi connectivity index (χ4n) is 1.01. The third-order valence-corrected chi connectivity index (χ3v) is 1.62. The van der Waals surface area contributed by atoms with Crippen LogP contribution >= 0.6 is 0 Å². The van der Waals surface area contributed by atoms with Gasteiger partial charge in [-0.1, -0.05) is 0 Å². The number of hydrogen-bond acceptors (Lipinski definition) is 1. The molecular formula is C8H15BF4N2O. The van der Waals surface area contributed by atoms with Crippen molar-refractivity contribution >= 4 is 7.25 Å². The number of imidazole rings is 1. The topological polar surface area (TPSA) is 18.0 Å². The Morgan fingerprint density at radius 3 is 2.19 bits per heavy atom. The van der Waals surface area contributed by atoms with E-state index < -0.39 is 7.25 Å². The summed E-state index contributed by atoms with van der Waals surface area (Å²) in [7, 11) is -4.00. The van der Waals surface area contributed by atoms with Crippen molar-refractivity contribution in [1.29, 1.82) is 0 Å². The highest BCUT2D eigenvalue weighted by Crippen LogP contribution is 2.06. The van der Waals surface area contributed by atoms with Crippen LogP contribution in [0.4, 0.5) is 17.3 Å². The monoisotopic (exact) mass is 242 g/mol. The molecule has 1 aromatic rings. The van der Waals surface area contributed by atoms with Crippen molar-refractivity contribution in [2.75, 3.05) is 6.61 Å². The van der Waals surface area contributed by atoms with Gasteiger partial charge in [0, 0.05) is 13.5 Å². The maximum atomic E-state index is 9.75. The summed E-state index contributed by atoms with van der Waals surface area (Å²) in [6.07, 6.45) is 6.14. The fraction of sp³-hybridized carbons (Fsp3) is 0.625. The van der Waals surface area contributed by atoms with Crippen LogP contribution in [0.2, 0.25) is 0 Å². The molecule has 16 heavy (non-hydrogen) atoms. The number of hydrogen-bond donors (Lipinski definition) is 0. The molecule has 1 aromatic heterocycles. The first-order chi connectivity index (χ1) is 7.24. The van der Waals surface area contributed by atoms with Crippen LogP contribution in [-0.2, 0) is 11.8 Å². The Balaban J connectivity index is 0.000000385. The lowest BCUT2D eigenvalue weighted by Gasteiger charge is -2.06. The van der Waals surface area contributed by atoms with E-state index in [2.05, 4.69) is 0 Å². The summed E-state index contributed by atoms with van der Waals surface area (Å²) in [4.78, 5) is 0. The van der Waals surface area contributed by atoms with Crippen LogP contribution < -0.4 is 4.57 Å². The molecule has 3 nitrogen and oxygen atoms in total. The molecular weight excluding hydrogens is 227 g/mol. The van der Waals surface area contributed by atoms with E-state index in [1.807, 2.05) is 48.8 Å². The summed E-state index contributed by atoms with van der Waals surface area (Å²) in [5.41, 5.74) is 0. The number of halogens is 4. The third-order valence-electron chi connectivity index (χ3n) is 1.62. The molecule has 1 heterocycles. The van der Waals surface area contributed by atoms with Gasteiger partial charge in [0.1, 0.15) is 12.4 Å². The minimum atomic E-state index is -6.00. The zero-order valence-corrected chi connectivity index (χ0v) is 9.41. The van der Waals surface area contributed by atoms with E-state index >= 15 is 0 Å². The van der Waals surface area contributed by atoms with Crippen molar-refractivity contribution in [3.05, 3.63) is 18.7 Å². The van der Waals surface area contributed by atoms with E-state index in [1.165, 1.54) is 0 Å². The van der Waals surface area contributed by atoms with E-state index in [1.54, 1.807) is 0 Å². The van der Waals surface area contributed by atoms with Crippen molar-refractivity contribution in [2.24, 2.45) is 7.05 Å². The Labute approximate surface area is 91.7 Å². The van der Waals surface area contributed by atoms with Crippen LogP contribution in [0, 0.1) is 0 Å². The molecule has 1 unspecified atom stereocenters. The molecule has 1 atom stereocenters. The van der Waals surface area contributed by atoms with E-state index in [4.69, 9.17) is 4.74 Å². The molecule has 0 spiro atoms. The van der Waals surface area contributed by atoms with Gasteiger partial charge in [-0.2, -0.15) is 0 Å². The molecule has 0 saturated heterocycles. The first-order valence-corrected chi connectivity index (χ1v) is 4.75. The van der Waals surface area contributed by atoms with Gasteiger partial charge < -0.3 is 22.0 Å². The summed E-state index contributed by atoms with van der Waals surface area (Å²) in [6, 6.07) is 0. The Kier molecular flexibility index (Phi) is 6.09. The Morgan fingerprint density at radius 1 is 1.38 bits per heavy atom. The maximum Gasteiger partial charge on any atom is 0.673 e. The minimum Gasteiger partial charge on any atom is -0.418 e. The lowest BCUT2D eigenvalue weighted by Crippen LogP contribution is -2.24. The van der Waals surface area contributed by atoms with Crippen LogP contribution in [-0.4, -0.2) is 18.4 Å². The average molecular weight is 242 g/mol. The summed E-state index contributed by atoms with van der Waals surface area (Å²) in [5, 5.41) is 0. The zero-order valence-electron chi connectivity index (χ0n) is 9.41. The van der Waals surface area contributed by atoms with Crippen molar-refractivity contribution in [3.63, 3.8) is 0 Å². The summed E-state index contributed by atoms with van der Waals surface area (Å²) in [5.74, 6) is 0. The molecule has 1 rings (SSSR count). The number of ether oxygens (including phenoxy) is 1. The number of nitrogens with zero attached hydrogens (tertiary/aromatic N) is 2. The fourth-order valence-corrected chi connectivity index (χ4v) is 1.01. The summed E-state index contributed by atoms with van der Waals surface area (Å²) < 4.78 is 48.4. The molecule has 0 bridgehead atoms. The standard InChI is InChI=1S/C8H15N2O.BF4/c1-4-11-8(2)10-6-5-9(3)7-10;2-1(3,4)5/h5-8H,4H2,1-3H3;/q+1;-1. The maximum absolute atomic E-state index is 9.75. The lowest BCUT2D eigenvalue weighted by atomic mass is 10.3. The molecule has 0 N–H and O–H groups in total. The summed E-state index contributed by atoms with van der Waals surface area (Å²) >= 11 is 0. The first kappa shape index (κ1) is 15.0. The molecule has 0 radical (unpaired) electrons. The highest BCUT2D eigenvalue weighted by Gasteiger charge is 2.20. The van der Waals surface area contributed by atoms with Gasteiger partial charge in [0.25, 0.3) is 0 Å². The van der Waals surface area contributed by atoms with Crippen LogP contribution in [0.3, 0.4) is 0 Å². The zero-order chi connectivity index (χ0) is 12.8. The molecule has 0 amide bonds. The highest BCUT2D eigenvalue weighted by molar-refractivity contribution is 6.50.